The third-order valence-electron chi connectivity index (χ3n) is 3.16. The first-order valence-corrected chi connectivity index (χ1v) is 8.58. The predicted molar refractivity (Wildman–Crippen MR) is 94.2 cm³/mol. The van der Waals surface area contributed by atoms with E-state index in [-0.39, 0.29) is 0 Å². The summed E-state index contributed by atoms with van der Waals surface area (Å²) in [5, 5.41) is 8.57. The summed E-state index contributed by atoms with van der Waals surface area (Å²) in [6.45, 7) is 2.66. The number of ether oxygens (including phenoxy) is 1. The molecular formula is C17H16ClN3OS. The third-order valence-corrected chi connectivity index (χ3v) is 4.22. The summed E-state index contributed by atoms with van der Waals surface area (Å²) in [7, 11) is 0. The molecule has 3 rings (SSSR count). The maximum absolute atomic E-state index is 5.88. The van der Waals surface area contributed by atoms with Crippen LogP contribution >= 0.6 is 23.4 Å². The number of aromatic amines is 1. The molecule has 118 valence electrons. The monoisotopic (exact) mass is 345 g/mol. The van der Waals surface area contributed by atoms with Gasteiger partial charge in [-0.05, 0) is 48.9 Å². The zero-order valence-corrected chi connectivity index (χ0v) is 14.2. The molecule has 3 aromatic rings. The zero-order chi connectivity index (χ0) is 16.1. The number of hydrogen-bond acceptors (Lipinski definition) is 4. The molecule has 1 aromatic heterocycles. The number of aromatic nitrogens is 3. The molecule has 0 aliphatic heterocycles. The summed E-state index contributed by atoms with van der Waals surface area (Å²) < 4.78 is 5.71. The van der Waals surface area contributed by atoms with Gasteiger partial charge in [-0.25, -0.2) is 4.98 Å². The summed E-state index contributed by atoms with van der Waals surface area (Å²) in [4.78, 5) is 4.47. The summed E-state index contributed by atoms with van der Waals surface area (Å²) in [6.07, 6.45) is 0. The van der Waals surface area contributed by atoms with Crippen LogP contribution in [0.4, 0.5) is 0 Å². The van der Waals surface area contributed by atoms with E-state index in [1.807, 2.05) is 55.5 Å². The van der Waals surface area contributed by atoms with Crippen molar-refractivity contribution in [3.05, 3.63) is 59.1 Å². The fraction of sp³-hybridized carbons (Fsp3) is 0.176. The van der Waals surface area contributed by atoms with Crippen molar-refractivity contribution in [1.82, 2.24) is 15.2 Å². The summed E-state index contributed by atoms with van der Waals surface area (Å²) >= 11 is 7.44. The molecule has 0 unspecified atom stereocenters. The number of nitrogens with zero attached hydrogens (tertiary/aromatic N) is 2. The molecule has 0 aliphatic carbocycles. The standard InChI is InChI=1S/C17H16ClN3OS/c1-12-3-2-4-15(11-12)22-9-10-23-17-19-16(20-21-17)13-5-7-14(18)8-6-13/h2-8,11H,9-10H2,1H3,(H,19,20,21). The average molecular weight is 346 g/mol. The number of rotatable bonds is 6. The first-order chi connectivity index (χ1) is 11.2. The quantitative estimate of drug-likeness (QED) is 0.523. The Kier molecular flexibility index (Phi) is 5.20. The third kappa shape index (κ3) is 4.50. The molecule has 23 heavy (non-hydrogen) atoms. The van der Waals surface area contributed by atoms with E-state index < -0.39 is 0 Å². The van der Waals surface area contributed by atoms with E-state index >= 15 is 0 Å². The summed E-state index contributed by atoms with van der Waals surface area (Å²) in [5.41, 5.74) is 2.15. The van der Waals surface area contributed by atoms with E-state index in [1.54, 1.807) is 11.8 Å². The molecule has 6 heteroatoms. The molecule has 0 aliphatic rings. The van der Waals surface area contributed by atoms with E-state index in [2.05, 4.69) is 15.2 Å². The van der Waals surface area contributed by atoms with Crippen molar-refractivity contribution in [2.45, 2.75) is 12.1 Å². The lowest BCUT2D eigenvalue weighted by Crippen LogP contribution is -2.00. The zero-order valence-electron chi connectivity index (χ0n) is 12.6. The minimum absolute atomic E-state index is 0.610. The second kappa shape index (κ2) is 7.53. The first-order valence-electron chi connectivity index (χ1n) is 7.21. The normalized spacial score (nSPS) is 10.7. The van der Waals surface area contributed by atoms with Crippen LogP contribution in [-0.2, 0) is 0 Å². The largest absolute Gasteiger partial charge is 0.493 e. The van der Waals surface area contributed by atoms with Crippen molar-refractivity contribution in [2.75, 3.05) is 12.4 Å². The topological polar surface area (TPSA) is 50.8 Å². The second-order valence-corrected chi connectivity index (χ2v) is 6.49. The maximum atomic E-state index is 5.88. The minimum Gasteiger partial charge on any atom is -0.493 e. The Morgan fingerprint density at radius 2 is 2.00 bits per heavy atom. The average Bonchev–Trinajstić information content (AvgIpc) is 3.01. The number of nitrogens with one attached hydrogen (secondary N) is 1. The molecule has 1 heterocycles. The molecule has 0 fully saturated rings. The molecule has 1 N–H and O–H groups in total. The van der Waals surface area contributed by atoms with Gasteiger partial charge >= 0.3 is 0 Å². The highest BCUT2D eigenvalue weighted by atomic mass is 35.5. The highest BCUT2D eigenvalue weighted by molar-refractivity contribution is 7.99. The van der Waals surface area contributed by atoms with Gasteiger partial charge in [-0.15, -0.1) is 5.10 Å². The molecule has 0 radical (unpaired) electrons. The predicted octanol–water partition coefficient (Wildman–Crippen LogP) is 4.60. The van der Waals surface area contributed by atoms with E-state index in [1.165, 1.54) is 5.56 Å². The highest BCUT2D eigenvalue weighted by Gasteiger charge is 2.06. The molecule has 0 saturated heterocycles. The molecule has 4 nitrogen and oxygen atoms in total. The minimum atomic E-state index is 0.610. The Labute approximate surface area is 144 Å². The number of H-pyrrole nitrogens is 1. The van der Waals surface area contributed by atoms with E-state index in [0.29, 0.717) is 16.8 Å². The van der Waals surface area contributed by atoms with Crippen molar-refractivity contribution in [2.24, 2.45) is 0 Å². The van der Waals surface area contributed by atoms with Crippen LogP contribution in [0.1, 0.15) is 5.56 Å². The number of halogens is 1. The maximum Gasteiger partial charge on any atom is 0.208 e. The fourth-order valence-electron chi connectivity index (χ4n) is 2.05. The van der Waals surface area contributed by atoms with Gasteiger partial charge in [-0.2, -0.15) is 0 Å². The van der Waals surface area contributed by atoms with Crippen LogP contribution in [0.2, 0.25) is 5.02 Å². The molecule has 0 amide bonds. The van der Waals surface area contributed by atoms with Gasteiger partial charge in [0.15, 0.2) is 5.82 Å². The molecule has 0 atom stereocenters. The number of benzene rings is 2. The Morgan fingerprint density at radius 1 is 1.17 bits per heavy atom. The molecule has 0 spiro atoms. The smallest absolute Gasteiger partial charge is 0.208 e. The van der Waals surface area contributed by atoms with E-state index in [0.717, 1.165) is 22.9 Å². The van der Waals surface area contributed by atoms with Crippen LogP contribution in [0, 0.1) is 6.92 Å². The van der Waals surface area contributed by atoms with Gasteiger partial charge in [-0.3, -0.25) is 5.10 Å². The van der Waals surface area contributed by atoms with Gasteiger partial charge in [0.2, 0.25) is 5.16 Å². The van der Waals surface area contributed by atoms with Crippen LogP contribution in [0.5, 0.6) is 5.75 Å². The van der Waals surface area contributed by atoms with Crippen molar-refractivity contribution in [3.63, 3.8) is 0 Å². The lowest BCUT2D eigenvalue weighted by molar-refractivity contribution is 0.343. The molecular weight excluding hydrogens is 330 g/mol. The van der Waals surface area contributed by atoms with Crippen molar-refractivity contribution in [3.8, 4) is 17.1 Å². The first kappa shape index (κ1) is 15.9. The second-order valence-electron chi connectivity index (χ2n) is 4.99. The van der Waals surface area contributed by atoms with Crippen LogP contribution in [-0.4, -0.2) is 27.5 Å². The Balaban J connectivity index is 1.50. The lowest BCUT2D eigenvalue weighted by atomic mass is 10.2. The van der Waals surface area contributed by atoms with Crippen molar-refractivity contribution < 1.29 is 4.74 Å². The number of hydrogen-bond donors (Lipinski definition) is 1. The van der Waals surface area contributed by atoms with Gasteiger partial charge in [0.05, 0.1) is 6.61 Å². The van der Waals surface area contributed by atoms with E-state index in [9.17, 15) is 0 Å². The highest BCUT2D eigenvalue weighted by Crippen LogP contribution is 2.21. The lowest BCUT2D eigenvalue weighted by Gasteiger charge is -2.05. The fourth-order valence-corrected chi connectivity index (χ4v) is 2.79. The van der Waals surface area contributed by atoms with Gasteiger partial charge in [-0.1, -0.05) is 35.5 Å². The van der Waals surface area contributed by atoms with Crippen LogP contribution < -0.4 is 4.74 Å². The number of aryl methyl sites for hydroxylation is 1. The molecule has 0 saturated carbocycles. The summed E-state index contributed by atoms with van der Waals surface area (Å²) in [6, 6.07) is 15.5. The van der Waals surface area contributed by atoms with Gasteiger partial charge in [0.25, 0.3) is 0 Å². The van der Waals surface area contributed by atoms with Crippen molar-refractivity contribution >= 4 is 23.4 Å². The Morgan fingerprint density at radius 3 is 2.78 bits per heavy atom. The van der Waals surface area contributed by atoms with Crippen LogP contribution in [0.15, 0.2) is 53.7 Å². The summed E-state index contributed by atoms with van der Waals surface area (Å²) in [5.74, 6) is 2.41. The SMILES string of the molecule is Cc1cccc(OCCSc2n[nH]c(-c3ccc(Cl)cc3)n2)c1. The Bertz CT molecular complexity index is 774. The van der Waals surface area contributed by atoms with Crippen molar-refractivity contribution in [1.29, 1.82) is 0 Å². The molecule has 0 bridgehead atoms. The van der Waals surface area contributed by atoms with Crippen LogP contribution in [0.25, 0.3) is 11.4 Å². The van der Waals surface area contributed by atoms with Gasteiger partial charge < -0.3 is 4.74 Å². The Hall–Kier alpha value is -1.98. The van der Waals surface area contributed by atoms with E-state index in [4.69, 9.17) is 16.3 Å². The molecule has 2 aromatic carbocycles. The van der Waals surface area contributed by atoms with Crippen LogP contribution in [0.3, 0.4) is 0 Å². The van der Waals surface area contributed by atoms with Gasteiger partial charge in [0.1, 0.15) is 5.75 Å². The number of thioether (sulfide) groups is 1. The van der Waals surface area contributed by atoms with Gasteiger partial charge in [0, 0.05) is 16.3 Å².